The number of benzene rings is 8. The van der Waals surface area contributed by atoms with E-state index < -0.39 is 0 Å². The minimum absolute atomic E-state index is 1.01. The fraction of sp³-hybridized carbons (Fsp3) is 0.147. The lowest BCUT2D eigenvalue weighted by atomic mass is 9.99. The zero-order valence-corrected chi connectivity index (χ0v) is 44.4. The Balaban J connectivity index is 0.000000679. The highest BCUT2D eigenvalue weighted by Crippen LogP contribution is 2.47. The molecule has 0 aliphatic heterocycles. The van der Waals surface area contributed by atoms with Crippen LogP contribution in [0.5, 0.6) is 0 Å². The summed E-state index contributed by atoms with van der Waals surface area (Å²) in [5.41, 5.74) is 14.9. The van der Waals surface area contributed by atoms with E-state index in [1.165, 1.54) is 136 Å². The summed E-state index contributed by atoms with van der Waals surface area (Å²) in [6, 6.07) is 64.7. The van der Waals surface area contributed by atoms with Crippen LogP contribution in [0, 0.1) is 0 Å². The largest absolute Gasteiger partial charge is 0.316 e. The van der Waals surface area contributed by atoms with E-state index in [4.69, 9.17) is 0 Å². The average molecular weight is 984 g/mol. The van der Waals surface area contributed by atoms with Crippen molar-refractivity contribution in [3.63, 3.8) is 0 Å². The van der Waals surface area contributed by atoms with Gasteiger partial charge < -0.3 is 13.7 Å². The first-order valence-electron chi connectivity index (χ1n) is 26.2. The van der Waals surface area contributed by atoms with Gasteiger partial charge in [0.2, 0.25) is 0 Å². The fourth-order valence-corrected chi connectivity index (χ4v) is 13.3. The van der Waals surface area contributed by atoms with Gasteiger partial charge in [0.15, 0.2) is 0 Å². The lowest BCUT2D eigenvalue weighted by Crippen LogP contribution is -2.02. The van der Waals surface area contributed by atoms with Crippen molar-refractivity contribution in [3.05, 3.63) is 203 Å². The van der Waals surface area contributed by atoms with E-state index in [0.29, 0.717) is 0 Å². The standard InChI is InChI=1S/C60H39N3S2.2C3H8.C2H6/c1-2-41-48-35-38(26-30-56(48)64-58(41)32-33-61-50-21-8-3-16-42(50)43-17-4-9-22-51(43)61)37-14-13-15-39(34-37)63-54-25-12-7-20-47(54)59-55(63)29-28-46-49-36-40(27-31-57(49)65-60(46)59)62-52-23-10-5-18-44(52)45-19-6-11-24-53(45)62;2*1-3-2;1-2/h2-26,28-30,32-36H,1,27,31H2;2*3H2,1-2H3;1-2H3/b33-32-;;;. The lowest BCUT2D eigenvalue weighted by Gasteiger charge is -2.17. The second-order valence-corrected chi connectivity index (χ2v) is 20.8. The monoisotopic (exact) mass is 983 g/mol. The van der Waals surface area contributed by atoms with Crippen LogP contribution in [0.3, 0.4) is 0 Å². The fourth-order valence-electron chi connectivity index (χ4n) is 10.9. The summed E-state index contributed by atoms with van der Waals surface area (Å²) in [6.45, 7) is 16.8. The second kappa shape index (κ2) is 20.4. The van der Waals surface area contributed by atoms with Gasteiger partial charge in [-0.05, 0) is 108 Å². The van der Waals surface area contributed by atoms with E-state index in [1.54, 1.807) is 0 Å². The van der Waals surface area contributed by atoms with Crippen molar-refractivity contribution >= 4 is 138 Å². The number of hydrogen-bond acceptors (Lipinski definition) is 2. The smallest absolute Gasteiger partial charge is 0.0555 e. The summed E-state index contributed by atoms with van der Waals surface area (Å²) in [5, 5.41) is 10.4. The molecule has 360 valence electrons. The highest BCUT2D eigenvalue weighted by atomic mass is 32.1. The Labute approximate surface area is 436 Å². The molecule has 0 bridgehead atoms. The summed E-state index contributed by atoms with van der Waals surface area (Å²) in [5.74, 6) is 0. The van der Waals surface area contributed by atoms with Crippen LogP contribution < -0.4 is 0 Å². The maximum absolute atomic E-state index is 4.31. The van der Waals surface area contributed by atoms with Gasteiger partial charge in [-0.25, -0.2) is 0 Å². The van der Waals surface area contributed by atoms with E-state index in [-0.39, 0.29) is 0 Å². The number of fused-ring (bicyclic) bond motifs is 14. The van der Waals surface area contributed by atoms with Gasteiger partial charge in [-0.3, -0.25) is 0 Å². The number of aryl methyl sites for hydroxylation is 1. The number of aromatic nitrogens is 3. The Kier molecular flexibility index (Phi) is 13.3. The maximum atomic E-state index is 4.31. The van der Waals surface area contributed by atoms with Gasteiger partial charge in [0.25, 0.3) is 0 Å². The Morgan fingerprint density at radius 3 is 1.66 bits per heavy atom. The van der Waals surface area contributed by atoms with Crippen LogP contribution in [0.4, 0.5) is 0 Å². The molecule has 3 nitrogen and oxygen atoms in total. The van der Waals surface area contributed by atoms with Crippen molar-refractivity contribution < 1.29 is 0 Å². The van der Waals surface area contributed by atoms with E-state index in [1.807, 2.05) is 42.6 Å². The van der Waals surface area contributed by atoms with E-state index >= 15 is 0 Å². The molecule has 0 saturated heterocycles. The number of thiophene rings is 2. The van der Waals surface area contributed by atoms with Crippen molar-refractivity contribution in [2.75, 3.05) is 0 Å². The van der Waals surface area contributed by atoms with Gasteiger partial charge in [-0.1, -0.05) is 182 Å². The van der Waals surface area contributed by atoms with Gasteiger partial charge in [-0.15, -0.1) is 22.7 Å². The molecule has 0 radical (unpaired) electrons. The molecule has 0 N–H and O–H groups in total. The van der Waals surface area contributed by atoms with Crippen molar-refractivity contribution in [2.24, 2.45) is 0 Å². The number of para-hydroxylation sites is 5. The lowest BCUT2D eigenvalue weighted by molar-refractivity contribution is 0.968. The molecular weight excluding hydrogens is 923 g/mol. The summed E-state index contributed by atoms with van der Waals surface area (Å²) >= 11 is 3.81. The van der Waals surface area contributed by atoms with Crippen LogP contribution in [0.2, 0.25) is 0 Å². The zero-order valence-electron chi connectivity index (χ0n) is 42.7. The zero-order chi connectivity index (χ0) is 50.2. The van der Waals surface area contributed by atoms with Crippen molar-refractivity contribution in [1.82, 2.24) is 13.7 Å². The van der Waals surface area contributed by atoms with Crippen LogP contribution in [-0.4, -0.2) is 13.7 Å². The SMILES string of the molecule is C=Cc1c(/C=C\n2c3ccccc3c3ccccc32)sc2ccc(-c3cccc(-n4c5ccccc5c5c6sc7c(c6ccc54)C=C(n4c5ccccc5c5ccccc54)CC7)c3)cc12.CC.CCC.CCC. The van der Waals surface area contributed by atoms with Gasteiger partial charge >= 0.3 is 0 Å². The van der Waals surface area contributed by atoms with Crippen LogP contribution in [0.25, 0.3) is 133 Å². The molecule has 0 atom stereocenters. The predicted molar refractivity (Wildman–Crippen MR) is 327 cm³/mol. The molecule has 1 aliphatic carbocycles. The summed E-state index contributed by atoms with van der Waals surface area (Å²) in [4.78, 5) is 2.68. The summed E-state index contributed by atoms with van der Waals surface area (Å²) in [6.07, 6.45) is 13.5. The Bertz CT molecular complexity index is 4140. The van der Waals surface area contributed by atoms with Crippen molar-refractivity contribution in [3.8, 4) is 16.8 Å². The molecule has 0 spiro atoms. The molecule has 0 saturated carbocycles. The molecular formula is C68H61N3S2. The minimum Gasteiger partial charge on any atom is -0.316 e. The van der Waals surface area contributed by atoms with Gasteiger partial charge in [0, 0.05) is 79.8 Å². The highest BCUT2D eigenvalue weighted by molar-refractivity contribution is 7.20. The van der Waals surface area contributed by atoms with Crippen molar-refractivity contribution in [1.29, 1.82) is 0 Å². The molecule has 8 aromatic carbocycles. The maximum Gasteiger partial charge on any atom is 0.0555 e. The summed E-state index contributed by atoms with van der Waals surface area (Å²) in [7, 11) is 0. The van der Waals surface area contributed by atoms with E-state index in [9.17, 15) is 0 Å². The molecule has 5 heterocycles. The van der Waals surface area contributed by atoms with Crippen LogP contribution >= 0.6 is 22.7 Å². The first kappa shape index (κ1) is 47.6. The molecule has 14 rings (SSSR count). The van der Waals surface area contributed by atoms with Gasteiger partial charge in [0.1, 0.15) is 0 Å². The van der Waals surface area contributed by atoms with E-state index in [2.05, 4.69) is 242 Å². The summed E-state index contributed by atoms with van der Waals surface area (Å²) < 4.78 is 9.92. The molecule has 0 amide bonds. The van der Waals surface area contributed by atoms with Crippen LogP contribution in [0.1, 0.15) is 81.7 Å². The number of allylic oxidation sites excluding steroid dienone is 1. The number of nitrogens with zero attached hydrogens (tertiary/aromatic N) is 3. The quantitative estimate of drug-likeness (QED) is 0.158. The molecule has 1 aliphatic rings. The third-order valence-corrected chi connectivity index (χ3v) is 16.2. The molecule has 5 heteroatoms. The number of hydrogen-bond donors (Lipinski definition) is 0. The average Bonchev–Trinajstić information content (AvgIpc) is 4.24. The number of rotatable bonds is 6. The first-order chi connectivity index (χ1) is 36.0. The normalized spacial score (nSPS) is 12.3. The molecule has 73 heavy (non-hydrogen) atoms. The third-order valence-electron chi connectivity index (χ3n) is 13.8. The Morgan fingerprint density at radius 1 is 0.493 bits per heavy atom. The molecule has 0 fully saturated rings. The van der Waals surface area contributed by atoms with Crippen molar-refractivity contribution in [2.45, 2.75) is 67.2 Å². The van der Waals surface area contributed by atoms with Crippen LogP contribution in [0.15, 0.2) is 183 Å². The highest BCUT2D eigenvalue weighted by Gasteiger charge is 2.24. The predicted octanol–water partition coefficient (Wildman–Crippen LogP) is 21.2. The topological polar surface area (TPSA) is 14.8 Å². The Hall–Kier alpha value is -7.70. The Morgan fingerprint density at radius 2 is 1.04 bits per heavy atom. The van der Waals surface area contributed by atoms with Gasteiger partial charge in [0.05, 0.1) is 33.1 Å². The first-order valence-corrected chi connectivity index (χ1v) is 27.8. The third kappa shape index (κ3) is 8.12. The van der Waals surface area contributed by atoms with Crippen LogP contribution in [-0.2, 0) is 6.42 Å². The second-order valence-electron chi connectivity index (χ2n) is 18.6. The molecule has 5 aromatic heterocycles. The molecule has 0 unspecified atom stereocenters. The van der Waals surface area contributed by atoms with Gasteiger partial charge in [-0.2, -0.15) is 0 Å². The minimum atomic E-state index is 1.01. The van der Waals surface area contributed by atoms with E-state index in [0.717, 1.165) is 18.5 Å². The molecule has 13 aromatic rings.